The highest BCUT2D eigenvalue weighted by Crippen LogP contribution is 2.12. The van der Waals surface area contributed by atoms with Crippen LogP contribution in [0.5, 0.6) is 0 Å². The molecule has 2 nitrogen and oxygen atoms in total. The summed E-state index contributed by atoms with van der Waals surface area (Å²) >= 11 is 0. The molecule has 28 heavy (non-hydrogen) atoms. The van der Waals surface area contributed by atoms with Crippen LogP contribution in [0.3, 0.4) is 0 Å². The molecule has 0 fully saturated rings. The second-order valence-electron chi connectivity index (χ2n) is 8.80. The summed E-state index contributed by atoms with van der Waals surface area (Å²) in [5.74, 6) is 0.500. The molecule has 0 aromatic heterocycles. The van der Waals surface area contributed by atoms with Crippen molar-refractivity contribution in [3.8, 4) is 0 Å². The summed E-state index contributed by atoms with van der Waals surface area (Å²) in [5.41, 5.74) is 0. The van der Waals surface area contributed by atoms with Gasteiger partial charge < -0.3 is 5.32 Å². The van der Waals surface area contributed by atoms with Crippen LogP contribution < -0.4 is 5.32 Å². The van der Waals surface area contributed by atoms with Crippen LogP contribution in [0.25, 0.3) is 0 Å². The molecule has 2 heteroatoms. The van der Waals surface area contributed by atoms with E-state index in [9.17, 15) is 4.79 Å². The molecule has 0 amide bonds. The van der Waals surface area contributed by atoms with Gasteiger partial charge in [0.2, 0.25) is 0 Å². The molecule has 0 rings (SSSR count). The van der Waals surface area contributed by atoms with Gasteiger partial charge in [-0.05, 0) is 38.8 Å². The van der Waals surface area contributed by atoms with E-state index in [1.165, 1.54) is 116 Å². The highest BCUT2D eigenvalue weighted by molar-refractivity contribution is 5.78. The topological polar surface area (TPSA) is 29.1 Å². The lowest BCUT2D eigenvalue weighted by Gasteiger charge is -2.05. The first-order valence-electron chi connectivity index (χ1n) is 13.0. The fourth-order valence-electron chi connectivity index (χ4n) is 3.84. The molecule has 0 aliphatic rings. The van der Waals surface area contributed by atoms with E-state index in [1.54, 1.807) is 0 Å². The number of hydrogen-bond acceptors (Lipinski definition) is 2. The second-order valence-corrected chi connectivity index (χ2v) is 8.80. The van der Waals surface area contributed by atoms with Gasteiger partial charge in [-0.3, -0.25) is 4.79 Å². The Bertz CT molecular complexity index is 303. The third-order valence-corrected chi connectivity index (χ3v) is 5.83. The van der Waals surface area contributed by atoms with E-state index in [1.807, 2.05) is 0 Å². The second kappa shape index (κ2) is 24.7. The summed E-state index contributed by atoms with van der Waals surface area (Å²) in [6.45, 7) is 6.84. The maximum absolute atomic E-state index is 11.9. The quantitative estimate of drug-likeness (QED) is 0.166. The van der Waals surface area contributed by atoms with Crippen molar-refractivity contribution in [3.63, 3.8) is 0 Å². The minimum absolute atomic E-state index is 0.500. The van der Waals surface area contributed by atoms with Crippen molar-refractivity contribution < 1.29 is 4.79 Å². The summed E-state index contributed by atoms with van der Waals surface area (Å²) < 4.78 is 0. The number of carbonyl (C=O) groups excluding carboxylic acids is 1. The number of nitrogens with one attached hydrogen (secondary N) is 1. The number of ketones is 1. The number of hydrogen-bond donors (Lipinski definition) is 1. The third kappa shape index (κ3) is 23.7. The third-order valence-electron chi connectivity index (χ3n) is 5.83. The first kappa shape index (κ1) is 27.6. The van der Waals surface area contributed by atoms with Gasteiger partial charge in [0.15, 0.2) is 0 Å². The molecule has 0 saturated carbocycles. The molecule has 0 unspecified atom stereocenters. The number of rotatable bonds is 24. The SMILES string of the molecule is CCCCCCCCCCCCC(=O)CCCCCNCCCCCCCC. The van der Waals surface area contributed by atoms with Crippen LogP contribution in [0.1, 0.15) is 149 Å². The number of carbonyl (C=O) groups is 1. The Balaban J connectivity index is 3.13. The highest BCUT2D eigenvalue weighted by atomic mass is 16.1. The Labute approximate surface area is 178 Å². The van der Waals surface area contributed by atoms with Crippen LogP contribution in [0.2, 0.25) is 0 Å². The molecular formula is C26H53NO. The van der Waals surface area contributed by atoms with Gasteiger partial charge in [-0.15, -0.1) is 0 Å². The smallest absolute Gasteiger partial charge is 0.132 e. The van der Waals surface area contributed by atoms with Crippen molar-refractivity contribution >= 4 is 5.78 Å². The highest BCUT2D eigenvalue weighted by Gasteiger charge is 2.02. The summed E-state index contributed by atoms with van der Waals surface area (Å²) in [6, 6.07) is 0. The van der Waals surface area contributed by atoms with Crippen LogP contribution in [0.15, 0.2) is 0 Å². The van der Waals surface area contributed by atoms with Gasteiger partial charge in [0.1, 0.15) is 5.78 Å². The van der Waals surface area contributed by atoms with E-state index < -0.39 is 0 Å². The lowest BCUT2D eigenvalue weighted by molar-refractivity contribution is -0.119. The van der Waals surface area contributed by atoms with Gasteiger partial charge in [-0.2, -0.15) is 0 Å². The van der Waals surface area contributed by atoms with E-state index in [2.05, 4.69) is 19.2 Å². The lowest BCUT2D eigenvalue weighted by atomic mass is 10.0. The Morgan fingerprint density at radius 3 is 1.21 bits per heavy atom. The van der Waals surface area contributed by atoms with Crippen molar-refractivity contribution in [1.29, 1.82) is 0 Å². The van der Waals surface area contributed by atoms with Crippen molar-refractivity contribution in [2.45, 2.75) is 149 Å². The molecule has 0 radical (unpaired) electrons. The van der Waals surface area contributed by atoms with Gasteiger partial charge in [-0.25, -0.2) is 0 Å². The molecule has 0 atom stereocenters. The standard InChI is InChI=1S/C26H53NO/c1-3-5-7-9-11-12-13-14-15-18-22-26(28)23-19-17-21-25-27-24-20-16-10-8-6-4-2/h27H,3-25H2,1-2H3. The van der Waals surface area contributed by atoms with Gasteiger partial charge in [0.05, 0.1) is 0 Å². The fraction of sp³-hybridized carbons (Fsp3) is 0.962. The van der Waals surface area contributed by atoms with Gasteiger partial charge >= 0.3 is 0 Å². The maximum Gasteiger partial charge on any atom is 0.132 e. The zero-order valence-electron chi connectivity index (χ0n) is 19.7. The molecule has 0 aliphatic heterocycles. The first-order chi connectivity index (χ1) is 13.8. The normalized spacial score (nSPS) is 11.2. The van der Waals surface area contributed by atoms with Gasteiger partial charge in [0.25, 0.3) is 0 Å². The van der Waals surface area contributed by atoms with Crippen LogP contribution in [0, 0.1) is 0 Å². The van der Waals surface area contributed by atoms with Gasteiger partial charge in [-0.1, -0.05) is 110 Å². The number of unbranched alkanes of at least 4 members (excludes halogenated alkanes) is 16. The average Bonchev–Trinajstić information content (AvgIpc) is 2.70. The van der Waals surface area contributed by atoms with E-state index in [4.69, 9.17) is 0 Å². The molecule has 1 N–H and O–H groups in total. The summed E-state index contributed by atoms with van der Waals surface area (Å²) in [4.78, 5) is 11.9. The predicted molar refractivity (Wildman–Crippen MR) is 126 cm³/mol. The largest absolute Gasteiger partial charge is 0.317 e. The maximum atomic E-state index is 11.9. The first-order valence-corrected chi connectivity index (χ1v) is 13.0. The molecule has 0 saturated heterocycles. The Hall–Kier alpha value is -0.370. The monoisotopic (exact) mass is 395 g/mol. The van der Waals surface area contributed by atoms with Crippen LogP contribution in [-0.2, 0) is 4.79 Å². The van der Waals surface area contributed by atoms with Crippen molar-refractivity contribution in [2.24, 2.45) is 0 Å². The molecule has 0 aromatic carbocycles. The molecular weight excluding hydrogens is 342 g/mol. The zero-order valence-corrected chi connectivity index (χ0v) is 19.7. The molecule has 0 heterocycles. The molecule has 0 bridgehead atoms. The van der Waals surface area contributed by atoms with E-state index in [0.717, 1.165) is 32.2 Å². The van der Waals surface area contributed by atoms with Crippen molar-refractivity contribution in [3.05, 3.63) is 0 Å². The van der Waals surface area contributed by atoms with E-state index >= 15 is 0 Å². The van der Waals surface area contributed by atoms with Crippen LogP contribution in [-0.4, -0.2) is 18.9 Å². The van der Waals surface area contributed by atoms with Gasteiger partial charge in [0, 0.05) is 12.8 Å². The zero-order chi connectivity index (χ0) is 20.5. The van der Waals surface area contributed by atoms with E-state index in [-0.39, 0.29) is 0 Å². The summed E-state index contributed by atoms with van der Waals surface area (Å²) in [7, 11) is 0. The van der Waals surface area contributed by atoms with Crippen molar-refractivity contribution in [1.82, 2.24) is 5.32 Å². The molecule has 0 aliphatic carbocycles. The Kier molecular flexibility index (Phi) is 24.3. The van der Waals surface area contributed by atoms with Crippen LogP contribution >= 0.6 is 0 Å². The van der Waals surface area contributed by atoms with E-state index in [0.29, 0.717) is 5.78 Å². The Morgan fingerprint density at radius 2 is 0.786 bits per heavy atom. The average molecular weight is 396 g/mol. The fourth-order valence-corrected chi connectivity index (χ4v) is 3.84. The minimum Gasteiger partial charge on any atom is -0.317 e. The molecule has 168 valence electrons. The van der Waals surface area contributed by atoms with Crippen molar-refractivity contribution in [2.75, 3.05) is 13.1 Å². The summed E-state index contributed by atoms with van der Waals surface area (Å²) in [5, 5.41) is 3.55. The lowest BCUT2D eigenvalue weighted by Crippen LogP contribution is -2.16. The minimum atomic E-state index is 0.500. The summed E-state index contributed by atoms with van der Waals surface area (Å²) in [6.07, 6.45) is 26.8. The molecule has 0 aromatic rings. The Morgan fingerprint density at radius 1 is 0.464 bits per heavy atom. The number of Topliss-reactive ketones (excluding diaryl/α,β-unsaturated/α-hetero) is 1. The van der Waals surface area contributed by atoms with Crippen LogP contribution in [0.4, 0.5) is 0 Å². The predicted octanol–water partition coefficient (Wildman–Crippen LogP) is 8.38. The molecule has 0 spiro atoms.